The van der Waals surface area contributed by atoms with Gasteiger partial charge in [0.15, 0.2) is 0 Å². The summed E-state index contributed by atoms with van der Waals surface area (Å²) in [4.78, 5) is 0. The average molecular weight is 452 g/mol. The Kier molecular flexibility index (Phi) is 11.4. The molecular weight excluding hydrogens is 420 g/mol. The maximum absolute atomic E-state index is 10.6. The Morgan fingerprint density at radius 1 is 0.452 bits per heavy atom. The van der Waals surface area contributed by atoms with Crippen molar-refractivity contribution in [1.29, 1.82) is 0 Å². The Morgan fingerprint density at radius 2 is 0.774 bits per heavy atom. The molecule has 1 rings (SSSR count). The van der Waals surface area contributed by atoms with Gasteiger partial charge in [0.1, 0.15) is 48.8 Å². The first-order valence-electron chi connectivity index (χ1n) is 9.56. The first-order chi connectivity index (χ1) is 14.5. The summed E-state index contributed by atoms with van der Waals surface area (Å²) in [7, 11) is 0. The Labute approximate surface area is 178 Å². The van der Waals surface area contributed by atoms with Gasteiger partial charge in [-0.05, 0) is 5.56 Å². The molecule has 2 unspecified atom stereocenters. The second-order valence-corrected chi connectivity index (χ2v) is 7.36. The van der Waals surface area contributed by atoms with Crippen LogP contribution in [0.3, 0.4) is 0 Å². The first-order valence-corrected chi connectivity index (χ1v) is 9.56. The van der Waals surface area contributed by atoms with Crippen molar-refractivity contribution in [2.45, 2.75) is 67.0 Å². The predicted octanol–water partition coefficient (Wildman–Crippen LogP) is -5.64. The molecule has 0 saturated carbocycles. The lowest BCUT2D eigenvalue weighted by atomic mass is 9.79. The van der Waals surface area contributed by atoms with Gasteiger partial charge in [0, 0.05) is 5.92 Å². The van der Waals surface area contributed by atoms with E-state index in [1.54, 1.807) is 6.07 Å². The lowest BCUT2D eigenvalue weighted by molar-refractivity contribution is -0.169. The summed E-state index contributed by atoms with van der Waals surface area (Å²) in [5.74, 6) is -1.60. The van der Waals surface area contributed by atoms with Crippen LogP contribution in [0.15, 0.2) is 30.3 Å². The fourth-order valence-electron chi connectivity index (χ4n) is 3.18. The van der Waals surface area contributed by atoms with Crippen molar-refractivity contribution in [3.05, 3.63) is 35.9 Å². The van der Waals surface area contributed by atoms with E-state index < -0.39 is 80.2 Å². The molecule has 180 valence electrons. The van der Waals surface area contributed by atoms with Gasteiger partial charge < -0.3 is 61.3 Å². The van der Waals surface area contributed by atoms with Crippen LogP contribution >= 0.6 is 0 Å². The van der Waals surface area contributed by atoms with Crippen LogP contribution in [0.5, 0.6) is 0 Å². The third-order valence-corrected chi connectivity index (χ3v) is 5.18. The second-order valence-electron chi connectivity index (χ2n) is 7.36. The van der Waals surface area contributed by atoms with E-state index in [2.05, 4.69) is 0 Å². The molecule has 10 atom stereocenters. The van der Waals surface area contributed by atoms with Crippen molar-refractivity contribution >= 4 is 0 Å². The van der Waals surface area contributed by atoms with E-state index in [0.29, 0.717) is 0 Å². The SMILES string of the molecule is OC[C@@H](O)[C@@H](O)[C@H](O)[C@@H](O)C(O)C(c1ccccc1)C(O)[C@H](O)[C@@H](O)[C@H](O)[C@H](O)CO. The molecule has 0 radical (unpaired) electrons. The number of hydrogen-bond acceptors (Lipinski definition) is 12. The number of hydrogen-bond donors (Lipinski definition) is 12. The maximum Gasteiger partial charge on any atom is 0.111 e. The van der Waals surface area contributed by atoms with Crippen LogP contribution in [-0.4, -0.2) is 136 Å². The molecule has 0 saturated heterocycles. The van der Waals surface area contributed by atoms with Gasteiger partial charge in [-0.15, -0.1) is 0 Å². The van der Waals surface area contributed by atoms with Crippen LogP contribution in [0.4, 0.5) is 0 Å². The van der Waals surface area contributed by atoms with Gasteiger partial charge >= 0.3 is 0 Å². The van der Waals surface area contributed by atoms with Crippen LogP contribution in [0, 0.1) is 0 Å². The molecule has 0 bridgehead atoms. The van der Waals surface area contributed by atoms with Gasteiger partial charge in [-0.2, -0.15) is 0 Å². The van der Waals surface area contributed by atoms with Crippen molar-refractivity contribution in [3.8, 4) is 0 Å². The minimum Gasteiger partial charge on any atom is -0.394 e. The molecule has 0 fully saturated rings. The van der Waals surface area contributed by atoms with Crippen molar-refractivity contribution < 1.29 is 61.3 Å². The zero-order valence-electron chi connectivity index (χ0n) is 16.5. The highest BCUT2D eigenvalue weighted by atomic mass is 16.4. The van der Waals surface area contributed by atoms with Gasteiger partial charge in [-0.3, -0.25) is 0 Å². The fourth-order valence-corrected chi connectivity index (χ4v) is 3.18. The molecule has 0 aromatic heterocycles. The summed E-state index contributed by atoms with van der Waals surface area (Å²) in [5.41, 5.74) is 0.120. The zero-order valence-corrected chi connectivity index (χ0v) is 16.5. The van der Waals surface area contributed by atoms with E-state index in [9.17, 15) is 51.1 Å². The van der Waals surface area contributed by atoms with E-state index in [-0.39, 0.29) is 5.56 Å². The normalized spacial score (nSPS) is 23.0. The molecule has 31 heavy (non-hydrogen) atoms. The quantitative estimate of drug-likeness (QED) is 0.134. The summed E-state index contributed by atoms with van der Waals surface area (Å²) in [6, 6.07) is 7.32. The first kappa shape index (κ1) is 27.8. The third kappa shape index (κ3) is 6.86. The van der Waals surface area contributed by atoms with E-state index >= 15 is 0 Å². The number of aliphatic hydroxyl groups is 12. The van der Waals surface area contributed by atoms with Crippen molar-refractivity contribution in [3.63, 3.8) is 0 Å². The Hall–Kier alpha value is -1.26. The smallest absolute Gasteiger partial charge is 0.111 e. The molecule has 0 aliphatic carbocycles. The minimum absolute atomic E-state index is 0.120. The zero-order chi connectivity index (χ0) is 23.9. The largest absolute Gasteiger partial charge is 0.394 e. The van der Waals surface area contributed by atoms with E-state index in [1.807, 2.05) is 0 Å². The number of benzene rings is 1. The van der Waals surface area contributed by atoms with Crippen LogP contribution in [0.2, 0.25) is 0 Å². The molecule has 0 amide bonds. The topological polar surface area (TPSA) is 243 Å². The molecule has 0 aliphatic heterocycles. The van der Waals surface area contributed by atoms with Crippen molar-refractivity contribution in [1.82, 2.24) is 0 Å². The molecule has 12 heteroatoms. The van der Waals surface area contributed by atoms with Gasteiger partial charge in [0.05, 0.1) is 25.4 Å². The lowest BCUT2D eigenvalue weighted by Crippen LogP contribution is -2.56. The molecule has 1 aromatic rings. The molecule has 12 N–H and O–H groups in total. The van der Waals surface area contributed by atoms with Gasteiger partial charge in [0.25, 0.3) is 0 Å². The molecule has 1 aromatic carbocycles. The monoisotopic (exact) mass is 452 g/mol. The minimum atomic E-state index is -2.20. The van der Waals surface area contributed by atoms with Crippen molar-refractivity contribution in [2.75, 3.05) is 13.2 Å². The van der Waals surface area contributed by atoms with Crippen LogP contribution in [0.1, 0.15) is 11.5 Å². The highest BCUT2D eigenvalue weighted by molar-refractivity contribution is 5.23. The lowest BCUT2D eigenvalue weighted by Gasteiger charge is -2.38. The summed E-state index contributed by atoms with van der Waals surface area (Å²) < 4.78 is 0. The highest BCUT2D eigenvalue weighted by Gasteiger charge is 2.44. The molecular formula is C19H32O12. The Bertz CT molecular complexity index is 585. The maximum atomic E-state index is 10.6. The van der Waals surface area contributed by atoms with E-state index in [1.165, 1.54) is 24.3 Å². The highest BCUT2D eigenvalue weighted by Crippen LogP contribution is 2.30. The van der Waals surface area contributed by atoms with Crippen LogP contribution in [-0.2, 0) is 0 Å². The fraction of sp³-hybridized carbons (Fsp3) is 0.684. The summed E-state index contributed by atoms with van der Waals surface area (Å²) in [6.45, 7) is -1.91. The summed E-state index contributed by atoms with van der Waals surface area (Å²) >= 11 is 0. The standard InChI is InChI=1S/C19H32O12/c20-6-9(22)12(24)16(28)18(30)14(26)11(8-4-2-1-3-5-8)15(27)19(31)17(29)13(25)10(23)7-21/h1-5,9-31H,6-7H2/t9-,10-,11?,12-,13-,14?,15?,16+,17+,18+,19+/m1/s1. The average Bonchev–Trinajstić information content (AvgIpc) is 2.80. The van der Waals surface area contributed by atoms with Gasteiger partial charge in [0.2, 0.25) is 0 Å². The Morgan fingerprint density at radius 3 is 1.10 bits per heavy atom. The molecule has 0 spiro atoms. The molecule has 0 heterocycles. The van der Waals surface area contributed by atoms with Gasteiger partial charge in [-0.1, -0.05) is 30.3 Å². The van der Waals surface area contributed by atoms with Crippen LogP contribution in [0.25, 0.3) is 0 Å². The second kappa shape index (κ2) is 12.7. The van der Waals surface area contributed by atoms with E-state index in [4.69, 9.17) is 10.2 Å². The summed E-state index contributed by atoms with van der Waals surface area (Å²) in [5, 5.41) is 118. The predicted molar refractivity (Wildman–Crippen MR) is 103 cm³/mol. The number of rotatable bonds is 13. The molecule has 12 nitrogen and oxygen atoms in total. The summed E-state index contributed by atoms with van der Waals surface area (Å²) in [6.07, 6.45) is -20.8. The van der Waals surface area contributed by atoms with Gasteiger partial charge in [-0.25, -0.2) is 0 Å². The molecule has 0 aliphatic rings. The van der Waals surface area contributed by atoms with Crippen LogP contribution < -0.4 is 0 Å². The van der Waals surface area contributed by atoms with E-state index in [0.717, 1.165) is 0 Å². The Balaban J connectivity index is 3.20. The van der Waals surface area contributed by atoms with Crippen molar-refractivity contribution in [2.24, 2.45) is 0 Å². The number of aliphatic hydroxyl groups excluding tert-OH is 12. The third-order valence-electron chi connectivity index (χ3n) is 5.18.